The zero-order chi connectivity index (χ0) is 20.4. The first-order valence-electron chi connectivity index (χ1n) is 10.5. The maximum absolute atomic E-state index is 13.0. The van der Waals surface area contributed by atoms with Crippen LogP contribution in [0, 0.1) is 0 Å². The second kappa shape index (κ2) is 8.64. The molecule has 1 aromatic heterocycles. The zero-order valence-electron chi connectivity index (χ0n) is 17.0. The van der Waals surface area contributed by atoms with Crippen LogP contribution in [0.3, 0.4) is 0 Å². The molecule has 29 heavy (non-hydrogen) atoms. The molecule has 158 valence electrons. The minimum absolute atomic E-state index is 0.127. The van der Waals surface area contributed by atoms with E-state index < -0.39 is 0 Å². The Hall–Kier alpha value is -2.23. The summed E-state index contributed by atoms with van der Waals surface area (Å²) in [5.41, 5.74) is 4.44. The molecule has 2 saturated heterocycles. The Labute approximate surface area is 170 Å². The number of amides is 1. The van der Waals surface area contributed by atoms with E-state index in [-0.39, 0.29) is 36.3 Å². The predicted molar refractivity (Wildman–Crippen MR) is 104 cm³/mol. The molecule has 2 fully saturated rings. The van der Waals surface area contributed by atoms with E-state index in [1.807, 2.05) is 6.20 Å². The first-order chi connectivity index (χ1) is 14.1. The summed E-state index contributed by atoms with van der Waals surface area (Å²) in [5, 5.41) is 5.09. The summed E-state index contributed by atoms with van der Waals surface area (Å²) >= 11 is 0. The fraction of sp³-hybridized carbons (Fsp3) is 0.650. The number of hydrogen-bond donors (Lipinski definition) is 2. The van der Waals surface area contributed by atoms with Crippen LogP contribution in [0.5, 0.6) is 0 Å². The summed E-state index contributed by atoms with van der Waals surface area (Å²) in [5.74, 6) is -0.525. The molecular formula is C20H29N5O4. The van der Waals surface area contributed by atoms with Gasteiger partial charge in [-0.15, -0.1) is 0 Å². The molecule has 4 unspecified atom stereocenters. The highest BCUT2D eigenvalue weighted by molar-refractivity contribution is 5.93. The summed E-state index contributed by atoms with van der Waals surface area (Å²) in [6.07, 6.45) is 9.22. The highest BCUT2D eigenvalue weighted by Crippen LogP contribution is 2.38. The van der Waals surface area contributed by atoms with Crippen molar-refractivity contribution >= 4 is 11.9 Å². The number of carbonyl (C=O) groups is 2. The van der Waals surface area contributed by atoms with Gasteiger partial charge in [-0.3, -0.25) is 4.79 Å². The van der Waals surface area contributed by atoms with Crippen LogP contribution in [-0.4, -0.2) is 57.8 Å². The van der Waals surface area contributed by atoms with Gasteiger partial charge in [0.05, 0.1) is 36.4 Å². The largest absolute Gasteiger partial charge is 0.463 e. The molecule has 1 aromatic rings. The maximum Gasteiger partial charge on any atom is 0.338 e. The fourth-order valence-corrected chi connectivity index (χ4v) is 4.45. The van der Waals surface area contributed by atoms with Crippen LogP contribution in [0.2, 0.25) is 0 Å². The molecule has 9 nitrogen and oxygen atoms in total. The highest BCUT2D eigenvalue weighted by atomic mass is 16.5. The van der Waals surface area contributed by atoms with Crippen LogP contribution < -0.4 is 10.7 Å². The number of hydrogen-bond acceptors (Lipinski definition) is 7. The average molecular weight is 403 g/mol. The number of rotatable bonds is 7. The molecule has 0 aliphatic carbocycles. The van der Waals surface area contributed by atoms with Gasteiger partial charge in [0.25, 0.3) is 0 Å². The molecule has 4 heterocycles. The number of ether oxygens (including phenoxy) is 2. The van der Waals surface area contributed by atoms with E-state index in [4.69, 9.17) is 9.47 Å². The van der Waals surface area contributed by atoms with E-state index in [1.54, 1.807) is 19.4 Å². The summed E-state index contributed by atoms with van der Waals surface area (Å²) in [6, 6.07) is -0.364. The van der Waals surface area contributed by atoms with Gasteiger partial charge in [0.1, 0.15) is 12.2 Å². The number of fused-ring (bicyclic) bond motifs is 2. The van der Waals surface area contributed by atoms with Gasteiger partial charge in [0, 0.05) is 18.9 Å². The van der Waals surface area contributed by atoms with E-state index in [0.717, 1.165) is 32.2 Å². The van der Waals surface area contributed by atoms with E-state index >= 15 is 0 Å². The first-order valence-corrected chi connectivity index (χ1v) is 10.5. The van der Waals surface area contributed by atoms with E-state index in [2.05, 4.69) is 32.2 Å². The average Bonchev–Trinajstić information content (AvgIpc) is 3.46. The van der Waals surface area contributed by atoms with Gasteiger partial charge in [0.15, 0.2) is 0 Å². The number of nitrogens with one attached hydrogen (secondary N) is 2. The Morgan fingerprint density at radius 3 is 2.83 bits per heavy atom. The summed E-state index contributed by atoms with van der Waals surface area (Å²) in [6.45, 7) is 5.00. The monoisotopic (exact) mass is 403 g/mol. The van der Waals surface area contributed by atoms with Crippen molar-refractivity contribution in [1.82, 2.24) is 25.3 Å². The molecule has 4 atom stereocenters. The highest BCUT2D eigenvalue weighted by Gasteiger charge is 2.45. The van der Waals surface area contributed by atoms with Crippen molar-refractivity contribution in [3.63, 3.8) is 0 Å². The third kappa shape index (κ3) is 3.94. The van der Waals surface area contributed by atoms with Crippen LogP contribution in [0.1, 0.15) is 52.1 Å². The smallest absolute Gasteiger partial charge is 0.338 e. The normalized spacial score (nSPS) is 29.3. The molecule has 4 rings (SSSR count). The quantitative estimate of drug-likeness (QED) is 0.662. The zero-order valence-corrected chi connectivity index (χ0v) is 17.0. The Morgan fingerprint density at radius 2 is 2.10 bits per heavy atom. The lowest BCUT2D eigenvalue weighted by molar-refractivity contribution is -0.139. The molecule has 2 bridgehead atoms. The van der Waals surface area contributed by atoms with E-state index in [0.29, 0.717) is 24.3 Å². The van der Waals surface area contributed by atoms with Crippen molar-refractivity contribution in [3.8, 4) is 0 Å². The number of imidazole rings is 1. The minimum Gasteiger partial charge on any atom is -0.463 e. The van der Waals surface area contributed by atoms with Crippen LogP contribution in [0.4, 0.5) is 0 Å². The molecule has 1 amide bonds. The second-order valence-corrected chi connectivity index (χ2v) is 7.67. The number of carbonyl (C=O) groups excluding carboxylic acids is 2. The van der Waals surface area contributed by atoms with Gasteiger partial charge >= 0.3 is 5.97 Å². The van der Waals surface area contributed by atoms with Crippen molar-refractivity contribution in [2.24, 2.45) is 0 Å². The van der Waals surface area contributed by atoms with Gasteiger partial charge in [-0.05, 0) is 39.0 Å². The van der Waals surface area contributed by atoms with Crippen molar-refractivity contribution in [1.29, 1.82) is 0 Å². The van der Waals surface area contributed by atoms with Gasteiger partial charge in [-0.25, -0.2) is 20.2 Å². The Bertz CT molecular complexity index is 778. The lowest BCUT2D eigenvalue weighted by Gasteiger charge is -2.40. The molecule has 0 radical (unpaired) electrons. The van der Waals surface area contributed by atoms with Crippen molar-refractivity contribution < 1.29 is 19.1 Å². The SMILES string of the molecule is CCCN1NC(C(=O)NC2=C(C(=O)OCC)C3CCC2O3)CCC1n1ccnc1. The summed E-state index contributed by atoms with van der Waals surface area (Å²) in [4.78, 5) is 29.6. The van der Waals surface area contributed by atoms with Crippen LogP contribution in [-0.2, 0) is 19.1 Å². The van der Waals surface area contributed by atoms with Gasteiger partial charge < -0.3 is 19.4 Å². The van der Waals surface area contributed by atoms with Crippen molar-refractivity contribution in [3.05, 3.63) is 30.0 Å². The topological polar surface area (TPSA) is 97.7 Å². The molecule has 3 aliphatic rings. The minimum atomic E-state index is -0.389. The Kier molecular flexibility index (Phi) is 5.98. The van der Waals surface area contributed by atoms with Gasteiger partial charge in [-0.1, -0.05) is 6.92 Å². The number of hydrazine groups is 1. The molecule has 2 N–H and O–H groups in total. The van der Waals surface area contributed by atoms with Crippen molar-refractivity contribution in [2.75, 3.05) is 13.2 Å². The van der Waals surface area contributed by atoms with E-state index in [9.17, 15) is 9.59 Å². The summed E-state index contributed by atoms with van der Waals surface area (Å²) < 4.78 is 13.1. The van der Waals surface area contributed by atoms with Crippen LogP contribution in [0.15, 0.2) is 30.0 Å². The first kappa shape index (κ1) is 20.1. The van der Waals surface area contributed by atoms with Gasteiger partial charge in [-0.2, -0.15) is 0 Å². The molecule has 3 aliphatic heterocycles. The van der Waals surface area contributed by atoms with Crippen LogP contribution in [0.25, 0.3) is 0 Å². The van der Waals surface area contributed by atoms with Crippen LogP contribution >= 0.6 is 0 Å². The van der Waals surface area contributed by atoms with Crippen molar-refractivity contribution in [2.45, 2.75) is 70.4 Å². The third-order valence-electron chi connectivity index (χ3n) is 5.75. The molecule has 0 spiro atoms. The number of nitrogens with zero attached hydrogens (tertiary/aromatic N) is 3. The number of aromatic nitrogens is 2. The molecule has 0 aromatic carbocycles. The fourth-order valence-electron chi connectivity index (χ4n) is 4.45. The summed E-state index contributed by atoms with van der Waals surface area (Å²) in [7, 11) is 0. The molecule has 9 heteroatoms. The molecule has 0 saturated carbocycles. The lowest BCUT2D eigenvalue weighted by Crippen LogP contribution is -2.57. The van der Waals surface area contributed by atoms with Gasteiger partial charge in [0.2, 0.25) is 5.91 Å². The predicted octanol–water partition coefficient (Wildman–Crippen LogP) is 1.26. The Balaban J connectivity index is 1.46. The molecular weight excluding hydrogens is 374 g/mol. The third-order valence-corrected chi connectivity index (χ3v) is 5.75. The van der Waals surface area contributed by atoms with E-state index in [1.165, 1.54) is 0 Å². The Morgan fingerprint density at radius 1 is 1.28 bits per heavy atom. The second-order valence-electron chi connectivity index (χ2n) is 7.67. The number of esters is 1. The lowest BCUT2D eigenvalue weighted by atomic mass is 9.95. The standard InChI is InChI=1S/C20H29N5O4/c1-3-10-25-16(24-11-9-21-12-24)8-5-13(23-25)19(26)22-18-15-7-6-14(29-15)17(18)20(27)28-4-2/h9,11-16,23H,3-8,10H2,1-2H3,(H,22,26). The maximum atomic E-state index is 13.0.